The molecule has 6 heterocycles. The number of rotatable bonds is 12. The van der Waals surface area contributed by atoms with Crippen molar-refractivity contribution in [1.82, 2.24) is 39.0 Å². The number of pyridine rings is 2. The lowest BCUT2D eigenvalue weighted by molar-refractivity contribution is -0.172. The Balaban J connectivity index is 0.834. The fourth-order valence-corrected chi connectivity index (χ4v) is 9.54. The number of piperazine rings is 1. The molecule has 3 aromatic heterocycles. The number of carbonyl (C=O) groups is 2. The summed E-state index contributed by atoms with van der Waals surface area (Å²) >= 11 is 0. The summed E-state index contributed by atoms with van der Waals surface area (Å²) in [6.45, 7) is 12.6. The number of aliphatic hydroxyl groups is 1. The van der Waals surface area contributed by atoms with Crippen molar-refractivity contribution in [1.29, 1.82) is 0 Å². The molecule has 3 aromatic carbocycles. The van der Waals surface area contributed by atoms with Gasteiger partial charge in [-0.15, -0.1) is 5.10 Å². The summed E-state index contributed by atoms with van der Waals surface area (Å²) in [5, 5.41) is 62.1. The van der Waals surface area contributed by atoms with Crippen LogP contribution in [0.3, 0.4) is 0 Å². The van der Waals surface area contributed by atoms with E-state index in [1.807, 2.05) is 63.2 Å². The highest BCUT2D eigenvalue weighted by atomic mass is 16.6. The number of phenols is 2. The van der Waals surface area contributed by atoms with Crippen molar-refractivity contribution in [2.24, 2.45) is 0 Å². The van der Waals surface area contributed by atoms with Gasteiger partial charge in [0.15, 0.2) is 11.4 Å². The van der Waals surface area contributed by atoms with Crippen LogP contribution in [0, 0.1) is 0 Å². The molecule has 0 bridgehead atoms. The summed E-state index contributed by atoms with van der Waals surface area (Å²) in [6.07, 6.45) is -0.295. The molecule has 1 fully saturated rings. The quantitative estimate of drug-likeness (QED) is 0.0968. The lowest BCUT2D eigenvalue weighted by atomic mass is 9.86. The minimum Gasteiger partial charge on any atom is -0.508 e. The van der Waals surface area contributed by atoms with Crippen LogP contribution in [0.25, 0.3) is 39.4 Å². The second-order valence-electron chi connectivity index (χ2n) is 17.5. The predicted octanol–water partition coefficient (Wildman–Crippen LogP) is 5.43. The lowest BCUT2D eigenvalue weighted by Crippen LogP contribution is -2.48. The van der Waals surface area contributed by atoms with Gasteiger partial charge in [-0.25, -0.2) is 19.1 Å². The maximum Gasteiger partial charge on any atom is 0.407 e. The number of esters is 1. The first-order chi connectivity index (χ1) is 31.2. The molecule has 1 amide bonds. The number of carboxylic acid groups (broad SMARTS) is 1. The summed E-state index contributed by atoms with van der Waals surface area (Å²) < 4.78 is 8.31. The smallest absolute Gasteiger partial charge is 0.407 e. The summed E-state index contributed by atoms with van der Waals surface area (Å²) in [7, 11) is 0. The summed E-state index contributed by atoms with van der Waals surface area (Å²) in [6, 6.07) is 17.8. The highest BCUT2D eigenvalue weighted by Gasteiger charge is 2.45. The van der Waals surface area contributed by atoms with E-state index < -0.39 is 17.7 Å². The Morgan fingerprint density at radius 1 is 0.892 bits per heavy atom. The molecule has 0 saturated carbocycles. The predicted molar refractivity (Wildman–Crippen MR) is 240 cm³/mol. The van der Waals surface area contributed by atoms with Gasteiger partial charge in [0, 0.05) is 74.9 Å². The molecule has 65 heavy (non-hydrogen) atoms. The first-order valence-electron chi connectivity index (χ1n) is 22.0. The Labute approximate surface area is 374 Å². The van der Waals surface area contributed by atoms with Gasteiger partial charge < -0.3 is 39.7 Å². The molecule has 1 atom stereocenters. The number of benzene rings is 3. The van der Waals surface area contributed by atoms with Crippen LogP contribution >= 0.6 is 0 Å². The first-order valence-corrected chi connectivity index (χ1v) is 22.0. The lowest BCUT2D eigenvalue weighted by Gasteiger charge is -2.35. The number of phenolic OH excluding ortho intramolecular Hbond substituents is 2. The second-order valence-corrected chi connectivity index (χ2v) is 17.5. The molecule has 9 rings (SSSR count). The molecular formula is C48H52N8O9. The molecule has 3 aliphatic rings. The first kappa shape index (κ1) is 43.4. The van der Waals surface area contributed by atoms with Gasteiger partial charge >= 0.3 is 18.1 Å². The van der Waals surface area contributed by atoms with Crippen LogP contribution in [0.2, 0.25) is 0 Å². The largest absolute Gasteiger partial charge is 0.508 e. The third kappa shape index (κ3) is 7.72. The highest BCUT2D eigenvalue weighted by Crippen LogP contribution is 2.41. The Bertz CT molecular complexity index is 2920. The van der Waals surface area contributed by atoms with Crippen LogP contribution in [0.5, 0.6) is 17.5 Å². The number of aromatic hydroxyl groups is 3. The molecule has 338 valence electrons. The van der Waals surface area contributed by atoms with Crippen LogP contribution < -0.4 is 5.56 Å². The van der Waals surface area contributed by atoms with Crippen molar-refractivity contribution >= 4 is 23.0 Å². The average Bonchev–Trinajstić information content (AvgIpc) is 3.86. The van der Waals surface area contributed by atoms with E-state index >= 15 is 0 Å². The highest BCUT2D eigenvalue weighted by molar-refractivity contribution is 5.89. The van der Waals surface area contributed by atoms with Gasteiger partial charge in [-0.3, -0.25) is 14.6 Å². The standard InChI is InChI=1S/C48H52N8O9/c1-5-31-33-19-29(9-12-38(33)49-42-35(31)25-55-39(42)21-37-36(44(55)59)26-65-45(60)48(37,64)6-2)24-54(47(62)63)18-17-52-13-15-53(16-14-52)23-28-7-10-30(11-8-28)56-43(50-51-46(56)61)34-20-32(27(3)4)40(57)22-41(34)58/h7-12,19-22,27,57-58,64H,5-6,13-18,23-26H2,1-4H3,(H,51,61)(H,62,63)/t48-/m0/s1. The Morgan fingerprint density at radius 3 is 2.31 bits per heavy atom. The van der Waals surface area contributed by atoms with E-state index in [2.05, 4.69) is 20.0 Å². The zero-order chi connectivity index (χ0) is 45.9. The number of aromatic nitrogens is 5. The number of amides is 1. The molecule has 0 spiro atoms. The van der Waals surface area contributed by atoms with Crippen LogP contribution in [-0.2, 0) is 47.8 Å². The van der Waals surface area contributed by atoms with Crippen LogP contribution in [0.15, 0.2) is 65.5 Å². The number of cyclic esters (lactones) is 1. The Kier molecular flexibility index (Phi) is 11.3. The minimum absolute atomic E-state index is 0.0126. The maximum atomic E-state index is 13.8. The third-order valence-electron chi connectivity index (χ3n) is 13.3. The van der Waals surface area contributed by atoms with E-state index in [-0.39, 0.29) is 72.1 Å². The van der Waals surface area contributed by atoms with Gasteiger partial charge in [0.1, 0.15) is 18.1 Å². The van der Waals surface area contributed by atoms with Gasteiger partial charge in [0.2, 0.25) is 0 Å². The molecule has 17 nitrogen and oxygen atoms in total. The Hall–Kier alpha value is -6.82. The number of fused-ring (bicyclic) bond motifs is 5. The van der Waals surface area contributed by atoms with E-state index in [0.717, 1.165) is 53.8 Å². The van der Waals surface area contributed by atoms with Crippen molar-refractivity contribution < 1.29 is 39.9 Å². The van der Waals surface area contributed by atoms with E-state index in [4.69, 9.17) is 9.72 Å². The van der Waals surface area contributed by atoms with E-state index in [1.165, 1.54) is 15.5 Å². The Morgan fingerprint density at radius 2 is 1.62 bits per heavy atom. The SMILES string of the molecule is CCc1c2c(nc3ccc(CN(CCN4CCN(Cc5ccc(-n6c(O)nnc6-c6cc(C(C)C)c(O)cc6O)cc5)CC4)C(=O)O)cc13)-c1cc3c(c(=O)n1C2)COC(=O)[C@]3(O)CC. The van der Waals surface area contributed by atoms with Crippen molar-refractivity contribution in [2.45, 2.75) is 78.3 Å². The summed E-state index contributed by atoms with van der Waals surface area (Å²) in [5.41, 5.74) is 5.60. The normalized spacial score (nSPS) is 17.3. The fraction of sp³-hybridized carbons (Fsp3) is 0.375. The number of hydrogen-bond acceptors (Lipinski definition) is 13. The number of ether oxygens (including phenoxy) is 1. The molecule has 17 heteroatoms. The molecule has 5 N–H and O–H groups in total. The van der Waals surface area contributed by atoms with E-state index in [1.54, 1.807) is 23.6 Å². The third-order valence-corrected chi connectivity index (χ3v) is 13.3. The maximum absolute atomic E-state index is 13.8. The van der Waals surface area contributed by atoms with Gasteiger partial charge in [-0.05, 0) is 77.4 Å². The molecule has 0 aliphatic carbocycles. The number of nitrogens with zero attached hydrogens (tertiary/aromatic N) is 8. The summed E-state index contributed by atoms with van der Waals surface area (Å²) in [5.74, 6) is -0.733. The molecular weight excluding hydrogens is 833 g/mol. The van der Waals surface area contributed by atoms with Crippen molar-refractivity contribution in [2.75, 3.05) is 39.3 Å². The van der Waals surface area contributed by atoms with Gasteiger partial charge in [-0.2, -0.15) is 0 Å². The van der Waals surface area contributed by atoms with Crippen LogP contribution in [-0.4, -0.2) is 116 Å². The van der Waals surface area contributed by atoms with E-state index in [9.17, 15) is 39.9 Å². The molecule has 1 saturated heterocycles. The monoisotopic (exact) mass is 884 g/mol. The van der Waals surface area contributed by atoms with Crippen LogP contribution in [0.4, 0.5) is 4.79 Å². The molecule has 6 aromatic rings. The molecule has 3 aliphatic heterocycles. The number of aryl methyl sites for hydroxylation is 1. The molecule has 0 unspecified atom stereocenters. The van der Waals surface area contributed by atoms with Crippen molar-refractivity contribution in [3.8, 4) is 46.0 Å². The number of hydrogen-bond donors (Lipinski definition) is 5. The zero-order valence-electron chi connectivity index (χ0n) is 36.8. The zero-order valence-corrected chi connectivity index (χ0v) is 36.8. The topological polar surface area (TPSA) is 220 Å². The van der Waals surface area contributed by atoms with Gasteiger partial charge in [0.25, 0.3) is 5.56 Å². The fourth-order valence-electron chi connectivity index (χ4n) is 9.54. The van der Waals surface area contributed by atoms with Crippen molar-refractivity contribution in [3.63, 3.8) is 0 Å². The average molecular weight is 885 g/mol. The second kappa shape index (κ2) is 17.0. The van der Waals surface area contributed by atoms with Crippen molar-refractivity contribution in [3.05, 3.63) is 110 Å². The number of carbonyl (C=O) groups excluding carboxylic acids is 1. The van der Waals surface area contributed by atoms with E-state index in [0.29, 0.717) is 59.8 Å². The summed E-state index contributed by atoms with van der Waals surface area (Å²) in [4.78, 5) is 50.0. The minimum atomic E-state index is -1.91. The van der Waals surface area contributed by atoms with Gasteiger partial charge in [0.05, 0.1) is 40.3 Å². The van der Waals surface area contributed by atoms with Crippen LogP contribution in [0.1, 0.15) is 79.0 Å². The van der Waals surface area contributed by atoms with Gasteiger partial charge in [-0.1, -0.05) is 51.0 Å². The molecule has 0 radical (unpaired) electrons.